The number of carbonyl (C=O) groups excluding carboxylic acids is 1. The van der Waals surface area contributed by atoms with Gasteiger partial charge in [0.1, 0.15) is 5.75 Å². The molecule has 2 rings (SSSR count). The summed E-state index contributed by atoms with van der Waals surface area (Å²) in [6, 6.07) is 12.1. The number of nitrogens with two attached hydrogens (primary N) is 1. The molecule has 1 amide bonds. The van der Waals surface area contributed by atoms with Crippen molar-refractivity contribution in [2.45, 2.75) is 4.90 Å². The summed E-state index contributed by atoms with van der Waals surface area (Å²) in [6.45, 7) is 0. The maximum Gasteiger partial charge on any atom is 0.255 e. The third kappa shape index (κ3) is 3.20. The predicted octanol–water partition coefficient (Wildman–Crippen LogP) is 2.82. The van der Waals surface area contributed by atoms with Gasteiger partial charge in [0.05, 0.1) is 12.8 Å². The zero-order valence-electron chi connectivity index (χ0n) is 10.4. The fourth-order valence-corrected chi connectivity index (χ4v) is 1.75. The molecule has 0 atom stereocenters. The Kier molecular flexibility index (Phi) is 3.97. The van der Waals surface area contributed by atoms with Crippen molar-refractivity contribution < 1.29 is 9.53 Å². The molecule has 0 saturated carbocycles. The van der Waals surface area contributed by atoms with E-state index in [4.69, 9.17) is 10.5 Å². The van der Waals surface area contributed by atoms with Crippen LogP contribution in [0.2, 0.25) is 0 Å². The molecule has 0 aliphatic carbocycles. The highest BCUT2D eigenvalue weighted by Crippen LogP contribution is 2.23. The van der Waals surface area contributed by atoms with E-state index in [2.05, 4.69) is 17.9 Å². The lowest BCUT2D eigenvalue weighted by atomic mass is 10.1. The monoisotopic (exact) mass is 274 g/mol. The minimum Gasteiger partial charge on any atom is -0.495 e. The Morgan fingerprint density at radius 1 is 1.21 bits per heavy atom. The van der Waals surface area contributed by atoms with E-state index < -0.39 is 0 Å². The number of nitrogen functional groups attached to an aromatic ring is 1. The molecule has 0 spiro atoms. The van der Waals surface area contributed by atoms with Gasteiger partial charge in [-0.15, -0.1) is 12.6 Å². The molecule has 3 N–H and O–H groups in total. The molecular weight excluding hydrogens is 260 g/mol. The van der Waals surface area contributed by atoms with Crippen molar-refractivity contribution in [1.29, 1.82) is 0 Å². The maximum atomic E-state index is 12.1. The van der Waals surface area contributed by atoms with Gasteiger partial charge in [-0.25, -0.2) is 0 Å². The summed E-state index contributed by atoms with van der Waals surface area (Å²) in [5, 5.41) is 2.79. The Bertz CT molecular complexity index is 597. The van der Waals surface area contributed by atoms with Crippen molar-refractivity contribution in [1.82, 2.24) is 0 Å². The fourth-order valence-electron chi connectivity index (χ4n) is 1.60. The molecule has 0 radical (unpaired) electrons. The van der Waals surface area contributed by atoms with Gasteiger partial charge in [-0.05, 0) is 42.5 Å². The molecule has 0 unspecified atom stereocenters. The average Bonchev–Trinajstić information content (AvgIpc) is 2.42. The number of hydrogen-bond acceptors (Lipinski definition) is 4. The minimum absolute atomic E-state index is 0.217. The number of thiol groups is 1. The van der Waals surface area contributed by atoms with Crippen LogP contribution in [-0.4, -0.2) is 13.0 Å². The van der Waals surface area contributed by atoms with Gasteiger partial charge >= 0.3 is 0 Å². The normalized spacial score (nSPS) is 10.0. The van der Waals surface area contributed by atoms with Crippen LogP contribution in [0.3, 0.4) is 0 Å². The number of benzene rings is 2. The zero-order valence-corrected chi connectivity index (χ0v) is 11.3. The number of amides is 1. The molecule has 0 bridgehead atoms. The van der Waals surface area contributed by atoms with E-state index in [1.54, 1.807) is 30.3 Å². The number of ether oxygens (including phenoxy) is 1. The predicted molar refractivity (Wildman–Crippen MR) is 79.1 cm³/mol. The molecule has 0 fully saturated rings. The summed E-state index contributed by atoms with van der Waals surface area (Å²) in [4.78, 5) is 12.9. The third-order valence-corrected chi connectivity index (χ3v) is 2.92. The highest BCUT2D eigenvalue weighted by molar-refractivity contribution is 7.80. The van der Waals surface area contributed by atoms with E-state index in [0.29, 0.717) is 22.7 Å². The van der Waals surface area contributed by atoms with Crippen molar-refractivity contribution in [2.24, 2.45) is 0 Å². The summed E-state index contributed by atoms with van der Waals surface area (Å²) < 4.78 is 5.09. The van der Waals surface area contributed by atoms with Crippen LogP contribution in [-0.2, 0) is 0 Å². The Morgan fingerprint density at radius 3 is 2.53 bits per heavy atom. The van der Waals surface area contributed by atoms with Crippen LogP contribution < -0.4 is 15.8 Å². The Morgan fingerprint density at radius 2 is 1.89 bits per heavy atom. The van der Waals surface area contributed by atoms with Crippen molar-refractivity contribution in [3.8, 4) is 5.75 Å². The van der Waals surface area contributed by atoms with E-state index in [1.807, 2.05) is 12.1 Å². The van der Waals surface area contributed by atoms with Gasteiger partial charge in [-0.1, -0.05) is 0 Å². The summed E-state index contributed by atoms with van der Waals surface area (Å²) in [5.41, 5.74) is 7.40. The highest BCUT2D eigenvalue weighted by atomic mass is 32.1. The molecular formula is C14H14N2O2S. The van der Waals surface area contributed by atoms with Gasteiger partial charge in [0.2, 0.25) is 0 Å². The van der Waals surface area contributed by atoms with Gasteiger partial charge < -0.3 is 15.8 Å². The quantitative estimate of drug-likeness (QED) is 0.595. The minimum atomic E-state index is -0.217. The summed E-state index contributed by atoms with van der Waals surface area (Å²) in [7, 11) is 1.51. The molecule has 2 aromatic carbocycles. The fraction of sp³-hybridized carbons (Fsp3) is 0.0714. The van der Waals surface area contributed by atoms with Crippen molar-refractivity contribution in [3.05, 3.63) is 48.0 Å². The largest absolute Gasteiger partial charge is 0.495 e. The van der Waals surface area contributed by atoms with Crippen LogP contribution >= 0.6 is 12.6 Å². The Hall–Kier alpha value is -2.14. The first-order valence-electron chi connectivity index (χ1n) is 5.64. The highest BCUT2D eigenvalue weighted by Gasteiger charge is 2.09. The second-order valence-electron chi connectivity index (χ2n) is 3.96. The van der Waals surface area contributed by atoms with Crippen LogP contribution in [0.15, 0.2) is 47.4 Å². The van der Waals surface area contributed by atoms with Crippen molar-refractivity contribution in [2.75, 3.05) is 18.2 Å². The van der Waals surface area contributed by atoms with Gasteiger partial charge in [0, 0.05) is 16.1 Å². The number of methoxy groups -OCH3 is 1. The molecule has 0 aliphatic heterocycles. The first-order valence-corrected chi connectivity index (χ1v) is 6.09. The van der Waals surface area contributed by atoms with Crippen LogP contribution in [0.4, 0.5) is 11.4 Å². The smallest absolute Gasteiger partial charge is 0.255 e. The van der Waals surface area contributed by atoms with E-state index in [1.165, 1.54) is 7.11 Å². The first kappa shape index (κ1) is 13.3. The number of rotatable bonds is 3. The molecule has 0 aliphatic rings. The molecule has 0 saturated heterocycles. The molecule has 98 valence electrons. The number of hydrogen-bond donors (Lipinski definition) is 3. The lowest BCUT2D eigenvalue weighted by Gasteiger charge is -2.08. The lowest BCUT2D eigenvalue weighted by Crippen LogP contribution is -2.12. The molecule has 0 aromatic heterocycles. The van der Waals surface area contributed by atoms with E-state index >= 15 is 0 Å². The summed E-state index contributed by atoms with van der Waals surface area (Å²) in [5.74, 6) is 0.267. The van der Waals surface area contributed by atoms with Crippen molar-refractivity contribution >= 4 is 29.9 Å². The second kappa shape index (κ2) is 5.67. The summed E-state index contributed by atoms with van der Waals surface area (Å²) in [6.07, 6.45) is 0. The number of nitrogens with one attached hydrogen (secondary N) is 1. The second-order valence-corrected chi connectivity index (χ2v) is 4.47. The standard InChI is InChI=1S/C14H14N2O2S/c1-18-13-8-9(2-7-12(13)15)14(17)16-10-3-5-11(19)6-4-10/h2-8,19H,15H2,1H3,(H,16,17). The van der Waals surface area contributed by atoms with E-state index in [0.717, 1.165) is 4.90 Å². The van der Waals surface area contributed by atoms with Gasteiger partial charge in [-0.3, -0.25) is 4.79 Å². The van der Waals surface area contributed by atoms with Crippen LogP contribution in [0, 0.1) is 0 Å². The molecule has 4 nitrogen and oxygen atoms in total. The number of anilines is 2. The number of carbonyl (C=O) groups is 1. The zero-order chi connectivity index (χ0) is 13.8. The summed E-state index contributed by atoms with van der Waals surface area (Å²) >= 11 is 4.19. The topological polar surface area (TPSA) is 64.3 Å². The Labute approximate surface area is 117 Å². The molecule has 5 heteroatoms. The Balaban J connectivity index is 2.18. The van der Waals surface area contributed by atoms with E-state index in [-0.39, 0.29) is 5.91 Å². The van der Waals surface area contributed by atoms with Crippen LogP contribution in [0.25, 0.3) is 0 Å². The molecule has 2 aromatic rings. The van der Waals surface area contributed by atoms with Crippen LogP contribution in [0.1, 0.15) is 10.4 Å². The third-order valence-electron chi connectivity index (χ3n) is 2.62. The van der Waals surface area contributed by atoms with Gasteiger partial charge in [0.15, 0.2) is 0 Å². The average molecular weight is 274 g/mol. The maximum absolute atomic E-state index is 12.1. The lowest BCUT2D eigenvalue weighted by molar-refractivity contribution is 0.102. The molecule has 19 heavy (non-hydrogen) atoms. The van der Waals surface area contributed by atoms with E-state index in [9.17, 15) is 4.79 Å². The van der Waals surface area contributed by atoms with Crippen LogP contribution in [0.5, 0.6) is 5.75 Å². The van der Waals surface area contributed by atoms with Gasteiger partial charge in [0.25, 0.3) is 5.91 Å². The molecule has 0 heterocycles. The van der Waals surface area contributed by atoms with Gasteiger partial charge in [-0.2, -0.15) is 0 Å². The first-order chi connectivity index (χ1) is 9.10. The SMILES string of the molecule is COc1cc(C(=O)Nc2ccc(S)cc2)ccc1N. The van der Waals surface area contributed by atoms with Crippen molar-refractivity contribution in [3.63, 3.8) is 0 Å².